The minimum absolute atomic E-state index is 1.05. The molecule has 0 aromatic heterocycles. The summed E-state index contributed by atoms with van der Waals surface area (Å²) in [6, 6.07) is 9.17. The lowest BCUT2D eigenvalue weighted by Gasteiger charge is -2.05. The standard InChI is InChI=1S/C18H24N2/c1-3-17(19-13-1)11-9-15-5-7-16(8-6-15)10-12-18-4-2-14-20-18/h5-8H,1-4,9-14H2. The molecule has 2 nitrogen and oxygen atoms in total. The Balaban J connectivity index is 1.46. The van der Waals surface area contributed by atoms with Gasteiger partial charge in [0.25, 0.3) is 0 Å². The predicted octanol–water partition coefficient (Wildman–Crippen LogP) is 4.02. The Morgan fingerprint density at radius 3 is 1.45 bits per heavy atom. The molecule has 0 N–H and O–H groups in total. The average Bonchev–Trinajstić information content (AvgIpc) is 3.17. The quantitative estimate of drug-likeness (QED) is 0.744. The molecule has 0 fully saturated rings. The summed E-state index contributed by atoms with van der Waals surface area (Å²) in [5.74, 6) is 0. The van der Waals surface area contributed by atoms with Gasteiger partial charge in [0, 0.05) is 24.5 Å². The number of nitrogens with zero attached hydrogens (tertiary/aromatic N) is 2. The van der Waals surface area contributed by atoms with E-state index in [2.05, 4.69) is 34.3 Å². The average molecular weight is 268 g/mol. The first-order valence-corrected chi connectivity index (χ1v) is 8.02. The van der Waals surface area contributed by atoms with Crippen LogP contribution in [0.25, 0.3) is 0 Å². The van der Waals surface area contributed by atoms with Crippen molar-refractivity contribution in [2.75, 3.05) is 13.1 Å². The fourth-order valence-electron chi connectivity index (χ4n) is 3.06. The van der Waals surface area contributed by atoms with E-state index in [4.69, 9.17) is 0 Å². The molecule has 1 aromatic rings. The summed E-state index contributed by atoms with van der Waals surface area (Å²) < 4.78 is 0. The molecule has 0 atom stereocenters. The first-order valence-electron chi connectivity index (χ1n) is 8.02. The van der Waals surface area contributed by atoms with E-state index >= 15 is 0 Å². The molecule has 0 spiro atoms. The van der Waals surface area contributed by atoms with Gasteiger partial charge in [-0.3, -0.25) is 9.98 Å². The Hall–Kier alpha value is -1.44. The highest BCUT2D eigenvalue weighted by Crippen LogP contribution is 2.14. The molecule has 0 amide bonds. The minimum atomic E-state index is 1.05. The predicted molar refractivity (Wildman–Crippen MR) is 86.2 cm³/mol. The van der Waals surface area contributed by atoms with E-state index in [0.29, 0.717) is 0 Å². The summed E-state index contributed by atoms with van der Waals surface area (Å²) in [4.78, 5) is 9.09. The van der Waals surface area contributed by atoms with Crippen LogP contribution in [0.4, 0.5) is 0 Å². The SMILES string of the molecule is c1cc(CCC2=NCCC2)ccc1CCC1=NCCC1. The molecular formula is C18H24N2. The maximum Gasteiger partial charge on any atom is 0.0392 e. The van der Waals surface area contributed by atoms with E-state index in [9.17, 15) is 0 Å². The molecule has 0 bridgehead atoms. The molecule has 0 unspecified atom stereocenters. The van der Waals surface area contributed by atoms with Crippen LogP contribution >= 0.6 is 0 Å². The molecule has 106 valence electrons. The van der Waals surface area contributed by atoms with E-state index in [1.807, 2.05) is 0 Å². The van der Waals surface area contributed by atoms with Gasteiger partial charge >= 0.3 is 0 Å². The van der Waals surface area contributed by atoms with E-state index in [-0.39, 0.29) is 0 Å². The lowest BCUT2D eigenvalue weighted by molar-refractivity contribution is 0.940. The number of aliphatic imine (C=N–C) groups is 2. The van der Waals surface area contributed by atoms with E-state index in [1.54, 1.807) is 0 Å². The number of hydrogen-bond donors (Lipinski definition) is 0. The van der Waals surface area contributed by atoms with Crippen LogP contribution < -0.4 is 0 Å². The Morgan fingerprint density at radius 2 is 1.10 bits per heavy atom. The molecule has 2 heteroatoms. The van der Waals surface area contributed by atoms with Gasteiger partial charge in [-0.25, -0.2) is 0 Å². The third kappa shape index (κ3) is 3.78. The molecule has 1 aromatic carbocycles. The van der Waals surface area contributed by atoms with Crippen molar-refractivity contribution >= 4 is 11.4 Å². The lowest BCUT2D eigenvalue weighted by atomic mass is 10.0. The van der Waals surface area contributed by atoms with Crippen LogP contribution in [0.3, 0.4) is 0 Å². The third-order valence-corrected chi connectivity index (χ3v) is 4.35. The summed E-state index contributed by atoms with van der Waals surface area (Å²) in [6.45, 7) is 2.11. The zero-order chi connectivity index (χ0) is 13.6. The summed E-state index contributed by atoms with van der Waals surface area (Å²) in [6.07, 6.45) is 9.56. The minimum Gasteiger partial charge on any atom is -0.294 e. The molecule has 0 aliphatic carbocycles. The van der Waals surface area contributed by atoms with Crippen LogP contribution in [0.15, 0.2) is 34.3 Å². The maximum absolute atomic E-state index is 4.55. The molecule has 20 heavy (non-hydrogen) atoms. The fourth-order valence-corrected chi connectivity index (χ4v) is 3.06. The van der Waals surface area contributed by atoms with Crippen molar-refractivity contribution < 1.29 is 0 Å². The lowest BCUT2D eigenvalue weighted by Crippen LogP contribution is -1.98. The molecule has 2 aliphatic rings. The number of hydrogen-bond acceptors (Lipinski definition) is 2. The van der Waals surface area contributed by atoms with Gasteiger partial charge in [-0.1, -0.05) is 24.3 Å². The van der Waals surface area contributed by atoms with Crippen LogP contribution in [0.5, 0.6) is 0 Å². The first-order chi connectivity index (χ1) is 9.90. The van der Waals surface area contributed by atoms with Gasteiger partial charge in [0.2, 0.25) is 0 Å². The largest absolute Gasteiger partial charge is 0.294 e. The Bertz CT molecular complexity index is 450. The maximum atomic E-state index is 4.55. The zero-order valence-electron chi connectivity index (χ0n) is 12.3. The molecule has 2 heterocycles. The van der Waals surface area contributed by atoms with Gasteiger partial charge in [0.05, 0.1) is 0 Å². The van der Waals surface area contributed by atoms with Crippen LogP contribution in [0.2, 0.25) is 0 Å². The van der Waals surface area contributed by atoms with Gasteiger partial charge in [-0.05, 0) is 62.5 Å². The number of benzene rings is 1. The van der Waals surface area contributed by atoms with Crippen molar-refractivity contribution in [2.24, 2.45) is 9.98 Å². The van der Waals surface area contributed by atoms with Crippen molar-refractivity contribution in [1.82, 2.24) is 0 Å². The Labute approximate surface area is 122 Å². The van der Waals surface area contributed by atoms with Gasteiger partial charge in [0.15, 0.2) is 0 Å². The van der Waals surface area contributed by atoms with Crippen LogP contribution in [-0.4, -0.2) is 24.5 Å². The van der Waals surface area contributed by atoms with Gasteiger partial charge in [-0.15, -0.1) is 0 Å². The van der Waals surface area contributed by atoms with Gasteiger partial charge in [0.1, 0.15) is 0 Å². The van der Waals surface area contributed by atoms with Crippen LogP contribution in [0.1, 0.15) is 49.7 Å². The normalized spacial score (nSPS) is 18.2. The Morgan fingerprint density at radius 1 is 0.650 bits per heavy atom. The number of aryl methyl sites for hydroxylation is 2. The summed E-state index contributed by atoms with van der Waals surface area (Å²) >= 11 is 0. The van der Waals surface area contributed by atoms with Crippen molar-refractivity contribution in [3.8, 4) is 0 Å². The topological polar surface area (TPSA) is 24.7 Å². The molecule has 3 rings (SSSR count). The summed E-state index contributed by atoms with van der Waals surface area (Å²) in [7, 11) is 0. The zero-order valence-corrected chi connectivity index (χ0v) is 12.3. The Kier molecular flexibility index (Phi) is 4.62. The van der Waals surface area contributed by atoms with Gasteiger partial charge < -0.3 is 0 Å². The van der Waals surface area contributed by atoms with Gasteiger partial charge in [-0.2, -0.15) is 0 Å². The van der Waals surface area contributed by atoms with Crippen molar-refractivity contribution in [3.05, 3.63) is 35.4 Å². The molecular weight excluding hydrogens is 244 g/mol. The van der Waals surface area contributed by atoms with Crippen molar-refractivity contribution in [2.45, 2.75) is 51.4 Å². The fraction of sp³-hybridized carbons (Fsp3) is 0.556. The monoisotopic (exact) mass is 268 g/mol. The van der Waals surface area contributed by atoms with E-state index in [1.165, 1.54) is 48.2 Å². The second kappa shape index (κ2) is 6.83. The van der Waals surface area contributed by atoms with Crippen molar-refractivity contribution in [3.63, 3.8) is 0 Å². The molecule has 2 aliphatic heterocycles. The second-order valence-electron chi connectivity index (χ2n) is 5.92. The summed E-state index contributed by atoms with van der Waals surface area (Å²) in [5, 5.41) is 0. The highest BCUT2D eigenvalue weighted by atomic mass is 14.8. The molecule has 0 saturated heterocycles. The first kappa shape index (κ1) is 13.5. The third-order valence-electron chi connectivity index (χ3n) is 4.35. The molecule has 0 saturated carbocycles. The second-order valence-corrected chi connectivity index (χ2v) is 5.92. The van der Waals surface area contributed by atoms with E-state index in [0.717, 1.165) is 38.8 Å². The summed E-state index contributed by atoms with van der Waals surface area (Å²) in [5.41, 5.74) is 5.74. The van der Waals surface area contributed by atoms with Crippen LogP contribution in [0, 0.1) is 0 Å². The van der Waals surface area contributed by atoms with Crippen LogP contribution in [-0.2, 0) is 12.8 Å². The van der Waals surface area contributed by atoms with E-state index < -0.39 is 0 Å². The highest BCUT2D eigenvalue weighted by molar-refractivity contribution is 5.86. The molecule has 0 radical (unpaired) electrons. The smallest absolute Gasteiger partial charge is 0.0392 e. The highest BCUT2D eigenvalue weighted by Gasteiger charge is 2.07. The van der Waals surface area contributed by atoms with Crippen molar-refractivity contribution in [1.29, 1.82) is 0 Å². The number of rotatable bonds is 6.